The van der Waals surface area contributed by atoms with Crippen molar-refractivity contribution < 1.29 is 5.11 Å². The average molecular weight is 219 g/mol. The van der Waals surface area contributed by atoms with Crippen LogP contribution < -0.4 is 4.90 Å². The van der Waals surface area contributed by atoms with Crippen LogP contribution in [0.1, 0.15) is 25.3 Å². The third-order valence-electron chi connectivity index (χ3n) is 3.43. The first kappa shape index (κ1) is 11.5. The average Bonchev–Trinajstić information content (AvgIpc) is 2.61. The van der Waals surface area contributed by atoms with E-state index in [9.17, 15) is 5.11 Å². The molecule has 1 fully saturated rings. The maximum absolute atomic E-state index is 9.98. The molecule has 1 aromatic carbocycles. The number of rotatable bonds is 3. The minimum Gasteiger partial charge on any atom is -0.391 e. The quantitative estimate of drug-likeness (QED) is 0.844. The monoisotopic (exact) mass is 219 g/mol. The van der Waals surface area contributed by atoms with E-state index in [1.807, 2.05) is 0 Å². The fraction of sp³-hybridized carbons (Fsp3) is 0.571. The molecule has 1 saturated heterocycles. The van der Waals surface area contributed by atoms with Crippen molar-refractivity contribution >= 4 is 5.69 Å². The number of nitrogens with zero attached hydrogens (tertiary/aromatic N) is 1. The molecule has 2 nitrogen and oxygen atoms in total. The number of aryl methyl sites for hydroxylation is 1. The molecule has 1 aromatic rings. The highest BCUT2D eigenvalue weighted by molar-refractivity contribution is 5.49. The molecular formula is C14H21NO. The highest BCUT2D eigenvalue weighted by Gasteiger charge is 2.30. The Morgan fingerprint density at radius 3 is 2.88 bits per heavy atom. The molecule has 0 aliphatic carbocycles. The summed E-state index contributed by atoms with van der Waals surface area (Å²) >= 11 is 0. The van der Waals surface area contributed by atoms with Crippen LogP contribution in [0.3, 0.4) is 0 Å². The lowest BCUT2D eigenvalue weighted by Crippen LogP contribution is -2.20. The zero-order valence-electron chi connectivity index (χ0n) is 10.2. The third kappa shape index (κ3) is 2.38. The number of hydrogen-bond donors (Lipinski definition) is 1. The van der Waals surface area contributed by atoms with E-state index in [0.29, 0.717) is 5.92 Å². The smallest absolute Gasteiger partial charge is 0.0760 e. The van der Waals surface area contributed by atoms with Crippen LogP contribution in [0.25, 0.3) is 0 Å². The molecule has 1 aliphatic heterocycles. The molecule has 1 unspecified atom stereocenters. The van der Waals surface area contributed by atoms with E-state index in [1.54, 1.807) is 0 Å². The van der Waals surface area contributed by atoms with Gasteiger partial charge in [-0.25, -0.2) is 0 Å². The number of aliphatic hydroxyl groups is 1. The van der Waals surface area contributed by atoms with Crippen LogP contribution in [0.4, 0.5) is 5.69 Å². The van der Waals surface area contributed by atoms with Crippen molar-refractivity contribution in [2.24, 2.45) is 5.92 Å². The van der Waals surface area contributed by atoms with Crippen LogP contribution in [0.2, 0.25) is 0 Å². The van der Waals surface area contributed by atoms with Crippen molar-refractivity contribution in [1.29, 1.82) is 0 Å². The van der Waals surface area contributed by atoms with Crippen molar-refractivity contribution in [3.05, 3.63) is 29.8 Å². The molecular weight excluding hydrogens is 198 g/mol. The lowest BCUT2D eigenvalue weighted by Gasteiger charge is -2.18. The predicted octanol–water partition coefficient (Wildman–Crippen LogP) is 2.59. The largest absolute Gasteiger partial charge is 0.391 e. The van der Waals surface area contributed by atoms with Crippen molar-refractivity contribution in [3.63, 3.8) is 0 Å². The van der Waals surface area contributed by atoms with E-state index >= 15 is 0 Å². The summed E-state index contributed by atoms with van der Waals surface area (Å²) in [5.74, 6) is 0.450. The molecule has 88 valence electrons. The molecule has 2 atom stereocenters. The second-order valence-electron chi connectivity index (χ2n) is 4.86. The molecule has 16 heavy (non-hydrogen) atoms. The predicted molar refractivity (Wildman–Crippen MR) is 67.8 cm³/mol. The number of anilines is 1. The summed E-state index contributed by atoms with van der Waals surface area (Å²) in [6.07, 6.45) is 2.13. The number of β-amino-alcohol motifs (C(OH)–C–C–N with tert-alkyl or cyclic N) is 1. The number of aliphatic hydroxyl groups excluding tert-OH is 1. The van der Waals surface area contributed by atoms with Crippen LogP contribution in [-0.4, -0.2) is 24.3 Å². The van der Waals surface area contributed by atoms with Gasteiger partial charge in [0.1, 0.15) is 0 Å². The summed E-state index contributed by atoms with van der Waals surface area (Å²) in [6.45, 7) is 6.08. The van der Waals surface area contributed by atoms with Crippen LogP contribution in [0.5, 0.6) is 0 Å². The standard InChI is InChI=1S/C14H21NO/c1-3-5-12-9-15(10-14(12)16)13-7-4-6-11(2)8-13/h4,6-8,12,14,16H,3,5,9-10H2,1-2H3/t12-,14?/m1/s1. The summed E-state index contributed by atoms with van der Waals surface area (Å²) in [7, 11) is 0. The van der Waals surface area contributed by atoms with E-state index in [-0.39, 0.29) is 6.10 Å². The highest BCUT2D eigenvalue weighted by Crippen LogP contribution is 2.27. The van der Waals surface area contributed by atoms with Crippen LogP contribution >= 0.6 is 0 Å². The van der Waals surface area contributed by atoms with Gasteiger partial charge in [0.25, 0.3) is 0 Å². The van der Waals surface area contributed by atoms with E-state index in [4.69, 9.17) is 0 Å². The Labute approximate surface area is 97.9 Å². The van der Waals surface area contributed by atoms with Gasteiger partial charge in [-0.1, -0.05) is 25.5 Å². The molecule has 1 aliphatic rings. The fourth-order valence-electron chi connectivity index (χ4n) is 2.54. The van der Waals surface area contributed by atoms with Crippen molar-refractivity contribution in [1.82, 2.24) is 0 Å². The minimum absolute atomic E-state index is 0.152. The van der Waals surface area contributed by atoms with Gasteiger partial charge in [0.2, 0.25) is 0 Å². The van der Waals surface area contributed by atoms with Crippen molar-refractivity contribution in [2.45, 2.75) is 32.8 Å². The lowest BCUT2D eigenvalue weighted by atomic mass is 10.0. The Balaban J connectivity index is 2.07. The molecule has 0 aromatic heterocycles. The SMILES string of the molecule is CCC[C@@H]1CN(c2cccc(C)c2)CC1O. The topological polar surface area (TPSA) is 23.5 Å². The van der Waals surface area contributed by atoms with Gasteiger partial charge >= 0.3 is 0 Å². The zero-order valence-corrected chi connectivity index (χ0v) is 10.2. The Kier molecular flexibility index (Phi) is 3.49. The summed E-state index contributed by atoms with van der Waals surface area (Å²) < 4.78 is 0. The first-order chi connectivity index (χ1) is 7.70. The highest BCUT2D eigenvalue weighted by atomic mass is 16.3. The van der Waals surface area contributed by atoms with Crippen LogP contribution in [-0.2, 0) is 0 Å². The van der Waals surface area contributed by atoms with Gasteiger partial charge in [-0.15, -0.1) is 0 Å². The zero-order chi connectivity index (χ0) is 11.5. The summed E-state index contributed by atoms with van der Waals surface area (Å²) in [5.41, 5.74) is 2.53. The van der Waals surface area contributed by atoms with E-state index in [1.165, 1.54) is 11.3 Å². The maximum Gasteiger partial charge on any atom is 0.0760 e. The molecule has 0 saturated carbocycles. The third-order valence-corrected chi connectivity index (χ3v) is 3.43. The second-order valence-corrected chi connectivity index (χ2v) is 4.86. The Hall–Kier alpha value is -1.02. The van der Waals surface area contributed by atoms with E-state index < -0.39 is 0 Å². The van der Waals surface area contributed by atoms with Gasteiger partial charge in [0.05, 0.1) is 6.10 Å². The molecule has 2 heteroatoms. The first-order valence-corrected chi connectivity index (χ1v) is 6.20. The van der Waals surface area contributed by atoms with Gasteiger partial charge in [0.15, 0.2) is 0 Å². The summed E-state index contributed by atoms with van der Waals surface area (Å²) in [5, 5.41) is 9.98. The lowest BCUT2D eigenvalue weighted by molar-refractivity contribution is 0.143. The normalized spacial score (nSPS) is 25.1. The second kappa shape index (κ2) is 4.88. The van der Waals surface area contributed by atoms with Gasteiger partial charge in [-0.3, -0.25) is 0 Å². The van der Waals surface area contributed by atoms with Crippen molar-refractivity contribution in [3.8, 4) is 0 Å². The molecule has 0 radical (unpaired) electrons. The summed E-state index contributed by atoms with van der Waals surface area (Å²) in [6, 6.07) is 8.53. The van der Waals surface area contributed by atoms with Crippen LogP contribution in [0, 0.1) is 12.8 Å². The Morgan fingerprint density at radius 1 is 1.38 bits per heavy atom. The maximum atomic E-state index is 9.98. The van der Waals surface area contributed by atoms with Gasteiger partial charge < -0.3 is 10.0 Å². The fourth-order valence-corrected chi connectivity index (χ4v) is 2.54. The minimum atomic E-state index is -0.152. The summed E-state index contributed by atoms with van der Waals surface area (Å²) in [4.78, 5) is 2.30. The molecule has 1 heterocycles. The molecule has 0 amide bonds. The number of hydrogen-bond acceptors (Lipinski definition) is 2. The molecule has 0 spiro atoms. The Morgan fingerprint density at radius 2 is 2.19 bits per heavy atom. The molecule has 1 N–H and O–H groups in total. The van der Waals surface area contributed by atoms with Crippen molar-refractivity contribution in [2.75, 3.05) is 18.0 Å². The van der Waals surface area contributed by atoms with Gasteiger partial charge in [-0.2, -0.15) is 0 Å². The number of benzene rings is 1. The first-order valence-electron chi connectivity index (χ1n) is 6.20. The van der Waals surface area contributed by atoms with Gasteiger partial charge in [-0.05, 0) is 31.0 Å². The van der Waals surface area contributed by atoms with E-state index in [0.717, 1.165) is 25.9 Å². The molecule has 0 bridgehead atoms. The molecule has 2 rings (SSSR count). The van der Waals surface area contributed by atoms with Gasteiger partial charge in [0, 0.05) is 24.7 Å². The van der Waals surface area contributed by atoms with Crippen LogP contribution in [0.15, 0.2) is 24.3 Å². The van der Waals surface area contributed by atoms with E-state index in [2.05, 4.69) is 43.0 Å². The Bertz CT molecular complexity index is 350.